The van der Waals surface area contributed by atoms with Gasteiger partial charge in [-0.15, -0.1) is 0 Å². The number of amides is 1. The predicted octanol–water partition coefficient (Wildman–Crippen LogP) is 0.272. The summed E-state index contributed by atoms with van der Waals surface area (Å²) in [5.41, 5.74) is -0.106. The molecule has 0 saturated carbocycles. The molecule has 11 heteroatoms. The Morgan fingerprint density at radius 2 is 2.21 bits per heavy atom. The number of fused-ring (bicyclic) bond motifs is 1. The van der Waals surface area contributed by atoms with Crippen molar-refractivity contribution in [2.24, 2.45) is 11.8 Å². The molecule has 4 atom stereocenters. The molecule has 0 spiro atoms. The number of rotatable bonds is 8. The smallest absolute Gasteiger partial charge is 0.280 e. The largest absolute Gasteiger partial charge is 0.394 e. The predicted molar refractivity (Wildman–Crippen MR) is 103 cm³/mol. The first-order chi connectivity index (χ1) is 13.9. The average Bonchev–Trinajstić information content (AvgIpc) is 3.23. The van der Waals surface area contributed by atoms with Crippen LogP contribution in [0.2, 0.25) is 0 Å². The molecule has 1 aliphatic heterocycles. The molecule has 3 N–H and O–H groups in total. The van der Waals surface area contributed by atoms with Crippen LogP contribution in [0.5, 0.6) is 0 Å². The molecule has 0 aromatic carbocycles. The lowest BCUT2D eigenvalue weighted by Crippen LogP contribution is -2.30. The summed E-state index contributed by atoms with van der Waals surface area (Å²) in [5, 5.41) is 12.2. The number of H-pyrrole nitrogens is 1. The first kappa shape index (κ1) is 21.4. The fraction of sp³-hybridized carbons (Fsp3) is 0.667. The Balaban J connectivity index is 1.97. The molecule has 3 rings (SSSR count). The number of ether oxygens (including phenoxy) is 3. The highest BCUT2D eigenvalue weighted by atomic mass is 16.6. The highest BCUT2D eigenvalue weighted by Gasteiger charge is 2.44. The topological polar surface area (TPSA) is 141 Å². The molecular weight excluding hydrogens is 382 g/mol. The number of carbonyl (C=O) groups is 1. The molecule has 1 amide bonds. The second kappa shape index (κ2) is 8.99. The Kier molecular flexibility index (Phi) is 6.63. The summed E-state index contributed by atoms with van der Waals surface area (Å²) in [5.74, 6) is -0.625. The fourth-order valence-electron chi connectivity index (χ4n) is 3.22. The van der Waals surface area contributed by atoms with E-state index in [-0.39, 0.29) is 41.5 Å². The third-order valence-corrected chi connectivity index (χ3v) is 4.95. The molecule has 1 fully saturated rings. The van der Waals surface area contributed by atoms with Gasteiger partial charge in [-0.05, 0) is 0 Å². The number of methoxy groups -OCH3 is 1. The number of hydrogen-bond acceptors (Lipinski definition) is 8. The van der Waals surface area contributed by atoms with Crippen LogP contribution in [0.4, 0.5) is 5.95 Å². The number of anilines is 1. The van der Waals surface area contributed by atoms with Crippen molar-refractivity contribution in [2.75, 3.05) is 32.2 Å². The van der Waals surface area contributed by atoms with Gasteiger partial charge in [-0.2, -0.15) is 4.98 Å². The van der Waals surface area contributed by atoms with E-state index in [1.54, 1.807) is 25.5 Å². The second-order valence-corrected chi connectivity index (χ2v) is 7.32. The van der Waals surface area contributed by atoms with Crippen LogP contribution in [0.3, 0.4) is 0 Å². The molecule has 29 heavy (non-hydrogen) atoms. The minimum absolute atomic E-state index is 0.0320. The average molecular weight is 409 g/mol. The number of aliphatic hydroxyl groups excluding tert-OH is 1. The van der Waals surface area contributed by atoms with Crippen LogP contribution < -0.4 is 10.9 Å². The Morgan fingerprint density at radius 3 is 2.86 bits per heavy atom. The van der Waals surface area contributed by atoms with Gasteiger partial charge in [0.1, 0.15) is 6.10 Å². The van der Waals surface area contributed by atoms with Crippen LogP contribution in [-0.4, -0.2) is 69.7 Å². The number of aromatic amines is 1. The molecule has 1 saturated heterocycles. The zero-order valence-corrected chi connectivity index (χ0v) is 16.9. The van der Waals surface area contributed by atoms with Crippen molar-refractivity contribution in [1.82, 2.24) is 19.5 Å². The quantitative estimate of drug-likeness (QED) is 0.528. The molecule has 11 nitrogen and oxygen atoms in total. The number of carbonyl (C=O) groups excluding carboxylic acids is 1. The van der Waals surface area contributed by atoms with Crippen molar-refractivity contribution in [3.63, 3.8) is 0 Å². The van der Waals surface area contributed by atoms with Crippen molar-refractivity contribution in [3.8, 4) is 0 Å². The van der Waals surface area contributed by atoms with E-state index in [1.807, 2.05) is 6.92 Å². The molecule has 0 bridgehead atoms. The first-order valence-corrected chi connectivity index (χ1v) is 9.52. The highest BCUT2D eigenvalue weighted by Crippen LogP contribution is 2.37. The maximum absolute atomic E-state index is 12.4. The number of nitrogens with zero attached hydrogens (tertiary/aromatic N) is 3. The zero-order valence-electron chi connectivity index (χ0n) is 16.9. The van der Waals surface area contributed by atoms with Gasteiger partial charge < -0.3 is 19.3 Å². The molecule has 0 radical (unpaired) electrons. The molecular formula is C18H27N5O6. The summed E-state index contributed by atoms with van der Waals surface area (Å²) in [6.45, 7) is 5.99. The number of aromatic nitrogens is 4. The first-order valence-electron chi connectivity index (χ1n) is 9.52. The third-order valence-electron chi connectivity index (χ3n) is 4.95. The van der Waals surface area contributed by atoms with Crippen molar-refractivity contribution in [3.05, 3.63) is 16.7 Å². The van der Waals surface area contributed by atoms with Crippen LogP contribution in [0.15, 0.2) is 11.1 Å². The lowest BCUT2D eigenvalue weighted by Gasteiger charge is -2.22. The van der Waals surface area contributed by atoms with E-state index in [0.29, 0.717) is 13.2 Å². The van der Waals surface area contributed by atoms with Crippen molar-refractivity contribution < 1.29 is 24.1 Å². The fourth-order valence-corrected chi connectivity index (χ4v) is 3.22. The van der Waals surface area contributed by atoms with Gasteiger partial charge >= 0.3 is 0 Å². The molecule has 0 aliphatic carbocycles. The second-order valence-electron chi connectivity index (χ2n) is 7.32. The Labute approximate surface area is 167 Å². The van der Waals surface area contributed by atoms with Crippen molar-refractivity contribution in [1.29, 1.82) is 0 Å². The van der Waals surface area contributed by atoms with E-state index in [2.05, 4.69) is 20.3 Å². The van der Waals surface area contributed by atoms with Crippen molar-refractivity contribution in [2.45, 2.75) is 39.2 Å². The summed E-state index contributed by atoms with van der Waals surface area (Å²) >= 11 is 0. The maximum Gasteiger partial charge on any atom is 0.280 e. The van der Waals surface area contributed by atoms with E-state index in [4.69, 9.17) is 14.2 Å². The van der Waals surface area contributed by atoms with Gasteiger partial charge in [-0.25, -0.2) is 4.98 Å². The SMILES string of the molecule is COCCO[C@@H]1[C@H](C)[C@@H](CO)O[C@H]1n1cnc2c(=O)[nH]c(NC(=O)C(C)C)nc21. The lowest BCUT2D eigenvalue weighted by molar-refractivity contribution is -0.118. The van der Waals surface area contributed by atoms with E-state index in [1.165, 1.54) is 6.33 Å². The van der Waals surface area contributed by atoms with E-state index in [9.17, 15) is 14.7 Å². The summed E-state index contributed by atoms with van der Waals surface area (Å²) in [4.78, 5) is 35.4. The number of nitrogens with one attached hydrogen (secondary N) is 2. The Hall–Kier alpha value is -2.34. The Bertz CT molecular complexity index is 910. The standard InChI is InChI=1S/C18H27N5O6/c1-9(2)15(25)21-18-20-14-12(16(26)22-18)19-8-23(14)17-13(28-6-5-27-4)10(3)11(7-24)29-17/h8-11,13,17,24H,5-7H2,1-4H3,(H2,20,21,22,25,26)/t10-,11-,13-,17-/m1/s1. The Morgan fingerprint density at radius 1 is 1.45 bits per heavy atom. The van der Waals surface area contributed by atoms with Gasteiger partial charge in [0.05, 0.1) is 32.3 Å². The molecule has 2 aromatic heterocycles. The van der Waals surface area contributed by atoms with Crippen LogP contribution >= 0.6 is 0 Å². The lowest BCUT2D eigenvalue weighted by atomic mass is 10.0. The van der Waals surface area contributed by atoms with Gasteiger partial charge in [-0.1, -0.05) is 20.8 Å². The van der Waals surface area contributed by atoms with Crippen LogP contribution in [0.1, 0.15) is 27.0 Å². The van der Waals surface area contributed by atoms with E-state index >= 15 is 0 Å². The molecule has 2 aromatic rings. The van der Waals surface area contributed by atoms with Gasteiger partial charge in [0, 0.05) is 18.9 Å². The molecule has 160 valence electrons. The number of hydrogen-bond donors (Lipinski definition) is 3. The molecule has 0 unspecified atom stereocenters. The summed E-state index contributed by atoms with van der Waals surface area (Å²) in [6, 6.07) is 0. The van der Waals surface area contributed by atoms with Gasteiger partial charge in [0.25, 0.3) is 5.56 Å². The highest BCUT2D eigenvalue weighted by molar-refractivity contribution is 5.91. The van der Waals surface area contributed by atoms with Crippen LogP contribution in [0.25, 0.3) is 11.2 Å². The molecule has 1 aliphatic rings. The summed E-state index contributed by atoms with van der Waals surface area (Å²) < 4.78 is 18.6. The minimum Gasteiger partial charge on any atom is -0.394 e. The zero-order chi connectivity index (χ0) is 21.1. The molecule has 3 heterocycles. The maximum atomic E-state index is 12.4. The third kappa shape index (κ3) is 4.32. The van der Waals surface area contributed by atoms with E-state index in [0.717, 1.165) is 0 Å². The van der Waals surface area contributed by atoms with Gasteiger partial charge in [0.15, 0.2) is 17.4 Å². The summed E-state index contributed by atoms with van der Waals surface area (Å²) in [7, 11) is 1.58. The van der Waals surface area contributed by atoms with Crippen molar-refractivity contribution >= 4 is 23.0 Å². The van der Waals surface area contributed by atoms with Gasteiger partial charge in [-0.3, -0.25) is 24.5 Å². The normalized spacial score (nSPS) is 24.5. The minimum atomic E-state index is -0.646. The van der Waals surface area contributed by atoms with E-state index < -0.39 is 24.0 Å². The van der Waals surface area contributed by atoms with Crippen LogP contribution in [0, 0.1) is 11.8 Å². The summed E-state index contributed by atoms with van der Waals surface area (Å²) in [6.07, 6.45) is -0.0429. The number of imidazole rings is 1. The van der Waals surface area contributed by atoms with Crippen LogP contribution in [-0.2, 0) is 19.0 Å². The monoisotopic (exact) mass is 409 g/mol. The van der Waals surface area contributed by atoms with Gasteiger partial charge in [0.2, 0.25) is 11.9 Å². The number of aliphatic hydroxyl groups is 1.